The predicted molar refractivity (Wildman–Crippen MR) is 122 cm³/mol. The monoisotopic (exact) mass is 488 g/mol. The maximum absolute atomic E-state index is 12.0. The second-order valence-corrected chi connectivity index (χ2v) is 8.78. The van der Waals surface area contributed by atoms with Gasteiger partial charge in [-0.15, -0.1) is 0 Å². The van der Waals surface area contributed by atoms with Gasteiger partial charge in [-0.05, 0) is 59.7 Å². The zero-order chi connectivity index (χ0) is 19.7. The first-order chi connectivity index (χ1) is 13.1. The Morgan fingerprint density at radius 2 is 1.30 bits per heavy atom. The molecule has 0 aromatic heterocycles. The molecule has 0 radical (unpaired) electrons. The van der Waals surface area contributed by atoms with Crippen molar-refractivity contribution >= 4 is 28.6 Å². The standard InChI is InChI=1S/C23H37IO3/c1-2-3-4-5-6-7-8-9-10-11-12-13-14-15-22(24)27-23(26)20-16-18-21(25)19-17-20/h16-19,22,25H,2-15H2,1H3. The largest absolute Gasteiger partial charge is 0.508 e. The van der Waals surface area contributed by atoms with Gasteiger partial charge in [0, 0.05) is 0 Å². The minimum absolute atomic E-state index is 0.0865. The average molecular weight is 488 g/mol. The van der Waals surface area contributed by atoms with Gasteiger partial charge in [-0.3, -0.25) is 0 Å². The third-order valence-electron chi connectivity index (χ3n) is 4.87. The van der Waals surface area contributed by atoms with E-state index < -0.39 is 0 Å². The van der Waals surface area contributed by atoms with Gasteiger partial charge in [0.25, 0.3) is 0 Å². The van der Waals surface area contributed by atoms with Crippen molar-refractivity contribution in [2.24, 2.45) is 0 Å². The number of benzene rings is 1. The second kappa shape index (κ2) is 16.2. The summed E-state index contributed by atoms with van der Waals surface area (Å²) in [6, 6.07) is 6.19. The lowest BCUT2D eigenvalue weighted by molar-refractivity contribution is 0.0469. The van der Waals surface area contributed by atoms with Gasteiger partial charge in [0.15, 0.2) is 4.11 Å². The van der Waals surface area contributed by atoms with E-state index in [1.807, 2.05) is 0 Å². The summed E-state index contributed by atoms with van der Waals surface area (Å²) in [4.78, 5) is 12.0. The highest BCUT2D eigenvalue weighted by Crippen LogP contribution is 2.18. The Bertz CT molecular complexity index is 487. The molecule has 0 amide bonds. The van der Waals surface area contributed by atoms with Crippen molar-refractivity contribution in [3.05, 3.63) is 29.8 Å². The van der Waals surface area contributed by atoms with Crippen LogP contribution in [0.4, 0.5) is 0 Å². The minimum atomic E-state index is -0.316. The molecule has 0 saturated carbocycles. The van der Waals surface area contributed by atoms with E-state index in [1.54, 1.807) is 12.1 Å². The maximum Gasteiger partial charge on any atom is 0.339 e. The zero-order valence-corrected chi connectivity index (χ0v) is 19.1. The number of unbranched alkanes of at least 4 members (excludes halogenated alkanes) is 12. The number of alkyl halides is 1. The van der Waals surface area contributed by atoms with E-state index in [4.69, 9.17) is 4.74 Å². The molecule has 1 atom stereocenters. The van der Waals surface area contributed by atoms with Gasteiger partial charge in [0.1, 0.15) is 5.75 Å². The number of hydrogen-bond donors (Lipinski definition) is 1. The van der Waals surface area contributed by atoms with Crippen molar-refractivity contribution in [3.8, 4) is 5.75 Å². The fraction of sp³-hybridized carbons (Fsp3) is 0.696. The van der Waals surface area contributed by atoms with Crippen molar-refractivity contribution in [2.45, 2.75) is 101 Å². The number of aromatic hydroxyl groups is 1. The number of halogens is 1. The number of rotatable bonds is 16. The number of hydrogen-bond acceptors (Lipinski definition) is 3. The molecular formula is C23H37IO3. The summed E-state index contributed by atoms with van der Waals surface area (Å²) in [6.45, 7) is 2.27. The summed E-state index contributed by atoms with van der Waals surface area (Å²) in [5, 5.41) is 9.25. The summed E-state index contributed by atoms with van der Waals surface area (Å²) in [6.07, 6.45) is 18.4. The molecule has 1 unspecified atom stereocenters. The van der Waals surface area contributed by atoms with E-state index in [1.165, 1.54) is 89.2 Å². The van der Waals surface area contributed by atoms with E-state index >= 15 is 0 Å². The molecule has 0 fully saturated rings. The summed E-state index contributed by atoms with van der Waals surface area (Å²) >= 11 is 2.19. The molecule has 0 saturated heterocycles. The smallest absolute Gasteiger partial charge is 0.339 e. The van der Waals surface area contributed by atoms with E-state index in [0.29, 0.717) is 5.56 Å². The zero-order valence-electron chi connectivity index (χ0n) is 16.9. The van der Waals surface area contributed by atoms with E-state index in [-0.39, 0.29) is 15.8 Å². The van der Waals surface area contributed by atoms with Gasteiger partial charge in [0.2, 0.25) is 0 Å². The van der Waals surface area contributed by atoms with Gasteiger partial charge in [-0.25, -0.2) is 4.79 Å². The Hall–Kier alpha value is -0.780. The van der Waals surface area contributed by atoms with Crippen molar-refractivity contribution in [3.63, 3.8) is 0 Å². The lowest BCUT2D eigenvalue weighted by atomic mass is 10.0. The van der Waals surface area contributed by atoms with Crippen molar-refractivity contribution in [2.75, 3.05) is 0 Å². The summed E-state index contributed by atoms with van der Waals surface area (Å²) in [5.41, 5.74) is 0.486. The lowest BCUT2D eigenvalue weighted by Crippen LogP contribution is -2.12. The van der Waals surface area contributed by atoms with E-state index in [0.717, 1.165) is 12.8 Å². The third kappa shape index (κ3) is 13.1. The number of esters is 1. The van der Waals surface area contributed by atoms with E-state index in [9.17, 15) is 9.90 Å². The minimum Gasteiger partial charge on any atom is -0.508 e. The topological polar surface area (TPSA) is 46.5 Å². The van der Waals surface area contributed by atoms with Crippen LogP contribution in [0.15, 0.2) is 24.3 Å². The summed E-state index contributed by atoms with van der Waals surface area (Å²) in [5.74, 6) is -0.159. The maximum atomic E-state index is 12.0. The summed E-state index contributed by atoms with van der Waals surface area (Å²) in [7, 11) is 0. The van der Waals surface area contributed by atoms with Crippen molar-refractivity contribution < 1.29 is 14.6 Å². The highest BCUT2D eigenvalue weighted by Gasteiger charge is 2.12. The highest BCUT2D eigenvalue weighted by atomic mass is 127. The number of carbonyl (C=O) groups excluding carboxylic acids is 1. The van der Waals surface area contributed by atoms with Crippen LogP contribution in [-0.4, -0.2) is 15.2 Å². The Morgan fingerprint density at radius 1 is 0.852 bits per heavy atom. The van der Waals surface area contributed by atoms with Gasteiger partial charge >= 0.3 is 5.97 Å². The number of phenolic OH excluding ortho intramolecular Hbond substituents is 1. The number of carbonyl (C=O) groups is 1. The van der Waals surface area contributed by atoms with Crippen LogP contribution in [0, 0.1) is 0 Å². The molecule has 27 heavy (non-hydrogen) atoms. The fourth-order valence-electron chi connectivity index (χ4n) is 3.16. The first-order valence-electron chi connectivity index (χ1n) is 10.8. The molecular weight excluding hydrogens is 451 g/mol. The van der Waals surface area contributed by atoms with E-state index in [2.05, 4.69) is 29.5 Å². The second-order valence-electron chi connectivity index (χ2n) is 7.39. The number of phenols is 1. The molecule has 1 N–H and O–H groups in total. The molecule has 3 nitrogen and oxygen atoms in total. The quantitative estimate of drug-likeness (QED) is 0.112. The normalized spacial score (nSPS) is 12.1. The molecule has 0 aliphatic rings. The number of ether oxygens (including phenoxy) is 1. The molecule has 0 spiro atoms. The Kier molecular flexibility index (Phi) is 14.6. The average Bonchev–Trinajstić information content (AvgIpc) is 2.66. The van der Waals surface area contributed by atoms with Gasteiger partial charge in [-0.1, -0.05) is 84.0 Å². The van der Waals surface area contributed by atoms with Crippen LogP contribution in [-0.2, 0) is 4.74 Å². The molecule has 0 aliphatic carbocycles. The van der Waals surface area contributed by atoms with Crippen LogP contribution in [0.2, 0.25) is 0 Å². The molecule has 4 heteroatoms. The van der Waals surface area contributed by atoms with Crippen LogP contribution >= 0.6 is 22.6 Å². The van der Waals surface area contributed by atoms with Crippen LogP contribution in [0.25, 0.3) is 0 Å². The van der Waals surface area contributed by atoms with Crippen LogP contribution in [0.1, 0.15) is 107 Å². The Balaban J connectivity index is 1.91. The van der Waals surface area contributed by atoms with Crippen molar-refractivity contribution in [1.29, 1.82) is 0 Å². The fourth-order valence-corrected chi connectivity index (χ4v) is 3.83. The van der Waals surface area contributed by atoms with Gasteiger partial charge in [-0.2, -0.15) is 0 Å². The van der Waals surface area contributed by atoms with Crippen molar-refractivity contribution in [1.82, 2.24) is 0 Å². The molecule has 154 valence electrons. The Labute approximate surface area is 179 Å². The van der Waals surface area contributed by atoms with Crippen LogP contribution in [0.5, 0.6) is 5.75 Å². The molecule has 0 bridgehead atoms. The molecule has 1 aromatic rings. The predicted octanol–water partition coefficient (Wildman–Crippen LogP) is 7.79. The molecule has 1 rings (SSSR count). The molecule has 1 aromatic carbocycles. The first kappa shape index (κ1) is 24.3. The summed E-state index contributed by atoms with van der Waals surface area (Å²) < 4.78 is 5.36. The highest BCUT2D eigenvalue weighted by molar-refractivity contribution is 14.1. The molecule has 0 heterocycles. The van der Waals surface area contributed by atoms with Crippen LogP contribution < -0.4 is 0 Å². The molecule has 0 aliphatic heterocycles. The van der Waals surface area contributed by atoms with Gasteiger partial charge in [0.05, 0.1) is 5.56 Å². The first-order valence-corrected chi connectivity index (χ1v) is 12.0. The Morgan fingerprint density at radius 3 is 1.78 bits per heavy atom. The lowest BCUT2D eigenvalue weighted by Gasteiger charge is -2.11. The van der Waals surface area contributed by atoms with Crippen LogP contribution in [0.3, 0.4) is 0 Å². The third-order valence-corrected chi connectivity index (χ3v) is 5.75. The van der Waals surface area contributed by atoms with Gasteiger partial charge < -0.3 is 9.84 Å². The SMILES string of the molecule is CCCCCCCCCCCCCCCC(I)OC(=O)c1ccc(O)cc1.